The molecule has 0 spiro atoms. The number of nitrogens with zero attached hydrogens (tertiary/aromatic N) is 8. The van der Waals surface area contributed by atoms with Gasteiger partial charge in [0.05, 0.1) is 28.8 Å². The monoisotopic (exact) mass is 762 g/mol. The minimum atomic E-state index is -4.95. The Labute approximate surface area is 306 Å². The van der Waals surface area contributed by atoms with Gasteiger partial charge in [-0.2, -0.15) is 4.98 Å². The van der Waals surface area contributed by atoms with Crippen molar-refractivity contribution < 1.29 is 26.3 Å². The van der Waals surface area contributed by atoms with Crippen molar-refractivity contribution in [2.75, 3.05) is 79.0 Å². The van der Waals surface area contributed by atoms with E-state index in [1.165, 1.54) is 38.6 Å². The second-order valence-electron chi connectivity index (χ2n) is 12.8. The van der Waals surface area contributed by atoms with E-state index in [0.717, 1.165) is 48.9 Å². The number of nitrogens with one attached hydrogen (secondary N) is 2. The van der Waals surface area contributed by atoms with Gasteiger partial charge in [0.25, 0.3) is 0 Å². The van der Waals surface area contributed by atoms with E-state index < -0.39 is 22.1 Å². The summed E-state index contributed by atoms with van der Waals surface area (Å²) in [6.07, 6.45) is 1.68. The summed E-state index contributed by atoms with van der Waals surface area (Å²) in [4.78, 5) is 24.3. The SMILES string of the molecule is CCc1cc(Nc2ncc(Cl)c(Nc3ccc4nccnc4c3N(C)S(=O)(=O)CC)n2)c(OC(F)(F)F)cc1N1CCC(N2CCN(C)CC2)CC1. The maximum absolute atomic E-state index is 13.8. The zero-order valence-electron chi connectivity index (χ0n) is 29.4. The van der Waals surface area contributed by atoms with Crippen molar-refractivity contribution in [3.63, 3.8) is 0 Å². The number of benzene rings is 2. The molecule has 2 aliphatic rings. The number of hydrogen-bond donors (Lipinski definition) is 2. The first-order chi connectivity index (χ1) is 24.8. The molecule has 52 heavy (non-hydrogen) atoms. The quantitative estimate of drug-likeness (QED) is 0.185. The van der Waals surface area contributed by atoms with Crippen LogP contribution in [-0.2, 0) is 16.4 Å². The Morgan fingerprint density at radius 2 is 1.69 bits per heavy atom. The average Bonchev–Trinajstić information content (AvgIpc) is 3.13. The number of hydrogen-bond acceptors (Lipinski definition) is 12. The van der Waals surface area contributed by atoms with Gasteiger partial charge in [-0.1, -0.05) is 18.5 Å². The van der Waals surface area contributed by atoms with E-state index in [0.29, 0.717) is 48.0 Å². The summed E-state index contributed by atoms with van der Waals surface area (Å²) in [5.74, 6) is -0.591. The molecule has 2 N–H and O–H groups in total. The minimum Gasteiger partial charge on any atom is -0.403 e. The van der Waals surface area contributed by atoms with Crippen molar-refractivity contribution in [2.24, 2.45) is 0 Å². The predicted octanol–water partition coefficient (Wildman–Crippen LogP) is 6.02. The van der Waals surface area contributed by atoms with Crippen molar-refractivity contribution >= 4 is 67.2 Å². The van der Waals surface area contributed by atoms with E-state index in [-0.39, 0.29) is 33.9 Å². The van der Waals surface area contributed by atoms with Gasteiger partial charge in [-0.3, -0.25) is 19.2 Å². The molecule has 18 heteroatoms. The fourth-order valence-electron chi connectivity index (χ4n) is 6.69. The largest absolute Gasteiger partial charge is 0.573 e. The molecule has 0 amide bonds. The van der Waals surface area contributed by atoms with Crippen LogP contribution in [0.3, 0.4) is 0 Å². The van der Waals surface area contributed by atoms with Gasteiger partial charge >= 0.3 is 6.36 Å². The van der Waals surface area contributed by atoms with Gasteiger partial charge in [0.2, 0.25) is 16.0 Å². The summed E-state index contributed by atoms with van der Waals surface area (Å²) in [6.45, 7) is 9.01. The number of fused-ring (bicyclic) bond motifs is 1. The molecule has 6 rings (SSSR count). The number of piperazine rings is 1. The number of piperidine rings is 1. The first-order valence-electron chi connectivity index (χ1n) is 17.1. The molecule has 0 unspecified atom stereocenters. The van der Waals surface area contributed by atoms with E-state index in [2.05, 4.69) is 57.1 Å². The number of ether oxygens (including phenoxy) is 1. The molecule has 2 aromatic carbocycles. The van der Waals surface area contributed by atoms with Crippen LogP contribution in [0, 0.1) is 0 Å². The Balaban J connectivity index is 1.29. The molecule has 0 atom stereocenters. The maximum atomic E-state index is 13.8. The number of alkyl halides is 3. The molecular weight excluding hydrogens is 721 g/mol. The first-order valence-corrected chi connectivity index (χ1v) is 19.1. The molecule has 280 valence electrons. The smallest absolute Gasteiger partial charge is 0.403 e. The average molecular weight is 763 g/mol. The molecule has 0 saturated carbocycles. The summed E-state index contributed by atoms with van der Waals surface area (Å²) in [6, 6.07) is 6.81. The molecule has 0 aliphatic carbocycles. The summed E-state index contributed by atoms with van der Waals surface area (Å²) in [5.41, 5.74) is 2.85. The lowest BCUT2D eigenvalue weighted by Gasteiger charge is -2.43. The molecular formula is C34H42ClF3N10O3S. The van der Waals surface area contributed by atoms with Crippen molar-refractivity contribution in [1.29, 1.82) is 0 Å². The van der Waals surface area contributed by atoms with Crippen molar-refractivity contribution in [3.8, 4) is 5.75 Å². The number of likely N-dealkylation sites (N-methyl/N-ethyl adjacent to an activating group) is 1. The van der Waals surface area contributed by atoms with Gasteiger partial charge < -0.3 is 25.2 Å². The highest BCUT2D eigenvalue weighted by molar-refractivity contribution is 7.92. The molecule has 2 fully saturated rings. The van der Waals surface area contributed by atoms with Gasteiger partial charge in [-0.15, -0.1) is 13.2 Å². The van der Waals surface area contributed by atoms with Crippen LogP contribution in [0.5, 0.6) is 5.75 Å². The fraction of sp³-hybridized carbons (Fsp3) is 0.471. The third-order valence-corrected chi connectivity index (χ3v) is 11.6. The molecule has 2 saturated heterocycles. The molecule has 4 heterocycles. The summed E-state index contributed by atoms with van der Waals surface area (Å²) < 4.78 is 73.0. The zero-order valence-corrected chi connectivity index (χ0v) is 31.0. The molecule has 2 aromatic heterocycles. The van der Waals surface area contributed by atoms with Gasteiger partial charge in [-0.05, 0) is 57.0 Å². The van der Waals surface area contributed by atoms with Crippen LogP contribution in [0.4, 0.5) is 47.7 Å². The van der Waals surface area contributed by atoms with Crippen molar-refractivity contribution in [3.05, 3.63) is 53.4 Å². The first kappa shape index (κ1) is 37.6. The third kappa shape index (κ3) is 8.37. The second-order valence-corrected chi connectivity index (χ2v) is 15.5. The normalized spacial score (nSPS) is 16.7. The van der Waals surface area contributed by atoms with Crippen LogP contribution in [0.15, 0.2) is 42.9 Å². The zero-order chi connectivity index (χ0) is 37.2. The van der Waals surface area contributed by atoms with Crippen LogP contribution >= 0.6 is 11.6 Å². The summed E-state index contributed by atoms with van der Waals surface area (Å²) in [7, 11) is -0.192. The van der Waals surface area contributed by atoms with Crippen LogP contribution < -0.4 is 24.6 Å². The van der Waals surface area contributed by atoms with Crippen LogP contribution in [0.25, 0.3) is 11.0 Å². The minimum absolute atomic E-state index is 0.0222. The highest BCUT2D eigenvalue weighted by Gasteiger charge is 2.34. The lowest BCUT2D eigenvalue weighted by molar-refractivity contribution is -0.274. The predicted molar refractivity (Wildman–Crippen MR) is 198 cm³/mol. The molecule has 0 radical (unpaired) electrons. The van der Waals surface area contributed by atoms with Gasteiger partial charge in [0.15, 0.2) is 11.6 Å². The maximum Gasteiger partial charge on any atom is 0.573 e. The number of aromatic nitrogens is 4. The Bertz CT molecular complexity index is 2010. The molecule has 0 bridgehead atoms. The lowest BCUT2D eigenvalue weighted by atomic mass is 9.99. The Morgan fingerprint density at radius 3 is 2.37 bits per heavy atom. The topological polar surface area (TPSA) is 132 Å². The standard InChI is InChI=1S/C34H42ClF3N10O3S/c1-5-22-19-27(29(51-34(36,37)38)20-28(22)48-13-9-23(10-14-48)47-17-15-45(3)16-18-47)43-33-41-21-24(35)32(44-33)42-26-8-7-25-30(40-12-11-39-25)31(26)46(4)52(49,50)6-2/h7-8,11-12,19-21,23H,5-6,9-10,13-18H2,1-4H3,(H2,41,42,43,44). The van der Waals surface area contributed by atoms with Crippen LogP contribution in [0.2, 0.25) is 5.02 Å². The van der Waals surface area contributed by atoms with Crippen molar-refractivity contribution in [2.45, 2.75) is 45.5 Å². The van der Waals surface area contributed by atoms with Gasteiger partial charge in [0.1, 0.15) is 16.2 Å². The van der Waals surface area contributed by atoms with Crippen LogP contribution in [-0.4, -0.2) is 110 Å². The van der Waals surface area contributed by atoms with Crippen LogP contribution in [0.1, 0.15) is 32.3 Å². The number of anilines is 6. The number of rotatable bonds is 11. The van der Waals surface area contributed by atoms with E-state index in [1.807, 2.05) is 6.92 Å². The number of sulfonamides is 1. The number of halogens is 4. The molecule has 13 nitrogen and oxygen atoms in total. The van der Waals surface area contributed by atoms with E-state index >= 15 is 0 Å². The third-order valence-electron chi connectivity index (χ3n) is 9.60. The Hall–Kier alpha value is -4.19. The molecule has 4 aromatic rings. The van der Waals surface area contributed by atoms with Crippen molar-refractivity contribution in [1.82, 2.24) is 29.7 Å². The van der Waals surface area contributed by atoms with Gasteiger partial charge in [-0.25, -0.2) is 13.4 Å². The fourth-order valence-corrected chi connectivity index (χ4v) is 7.68. The van der Waals surface area contributed by atoms with E-state index in [1.54, 1.807) is 18.2 Å². The van der Waals surface area contributed by atoms with Gasteiger partial charge in [0, 0.05) is 76.5 Å². The second kappa shape index (κ2) is 15.4. The van der Waals surface area contributed by atoms with E-state index in [9.17, 15) is 21.6 Å². The summed E-state index contributed by atoms with van der Waals surface area (Å²) in [5, 5.41) is 6.05. The lowest BCUT2D eigenvalue weighted by Crippen LogP contribution is -2.52. The van der Waals surface area contributed by atoms with E-state index in [4.69, 9.17) is 11.6 Å². The Morgan fingerprint density at radius 1 is 0.981 bits per heavy atom. The molecule has 2 aliphatic heterocycles. The number of aryl methyl sites for hydroxylation is 1. The Kier molecular flexibility index (Phi) is 11.1. The highest BCUT2D eigenvalue weighted by Crippen LogP contribution is 2.41. The summed E-state index contributed by atoms with van der Waals surface area (Å²) >= 11 is 6.50. The highest BCUT2D eigenvalue weighted by atomic mass is 35.5.